The lowest BCUT2D eigenvalue weighted by molar-refractivity contribution is -0.137. The normalized spacial score (nSPS) is 16.5. The predicted octanol–water partition coefficient (Wildman–Crippen LogP) is 2.89. The molecular weight excluding hydrogens is 333 g/mol. The fraction of sp³-hybridized carbons (Fsp3) is 0.533. The molecule has 1 aliphatic rings. The summed E-state index contributed by atoms with van der Waals surface area (Å²) in [5.41, 5.74) is 4.41. The van der Waals surface area contributed by atoms with Crippen molar-refractivity contribution < 1.29 is 22.7 Å². The minimum Gasteiger partial charge on any atom is -0.492 e. The van der Waals surface area contributed by atoms with E-state index in [-0.39, 0.29) is 37.2 Å². The van der Waals surface area contributed by atoms with Crippen molar-refractivity contribution in [2.75, 3.05) is 13.2 Å². The van der Waals surface area contributed by atoms with Gasteiger partial charge in [-0.25, -0.2) is 0 Å². The van der Waals surface area contributed by atoms with E-state index in [1.165, 1.54) is 12.1 Å². The number of rotatable bonds is 5. The molecule has 1 amide bonds. The first-order valence-corrected chi connectivity index (χ1v) is 7.18. The Hall–Kier alpha value is -1.47. The maximum atomic E-state index is 12.6. The highest BCUT2D eigenvalue weighted by molar-refractivity contribution is 5.86. The van der Waals surface area contributed by atoms with Crippen molar-refractivity contribution in [2.45, 2.75) is 37.4 Å². The van der Waals surface area contributed by atoms with Gasteiger partial charge in [-0.2, -0.15) is 13.2 Å². The van der Waals surface area contributed by atoms with Crippen molar-refractivity contribution in [1.82, 2.24) is 5.32 Å². The van der Waals surface area contributed by atoms with Crippen LogP contribution < -0.4 is 15.8 Å². The lowest BCUT2D eigenvalue weighted by Crippen LogP contribution is -2.52. The maximum Gasteiger partial charge on any atom is 0.416 e. The summed E-state index contributed by atoms with van der Waals surface area (Å²) in [6.45, 7) is 0.289. The van der Waals surface area contributed by atoms with Gasteiger partial charge in [-0.05, 0) is 31.0 Å². The summed E-state index contributed by atoms with van der Waals surface area (Å²) >= 11 is 0. The van der Waals surface area contributed by atoms with Gasteiger partial charge < -0.3 is 15.8 Å². The van der Waals surface area contributed by atoms with E-state index >= 15 is 0 Å². The Bertz CT molecular complexity index is 532. The minimum atomic E-state index is -4.40. The van der Waals surface area contributed by atoms with E-state index in [4.69, 9.17) is 10.5 Å². The quantitative estimate of drug-likeness (QED) is 0.801. The molecule has 23 heavy (non-hydrogen) atoms. The first-order chi connectivity index (χ1) is 10.3. The average Bonchev–Trinajstić information content (AvgIpc) is 2.91. The number of carbonyl (C=O) groups excluding carboxylic acids is 1. The van der Waals surface area contributed by atoms with Crippen LogP contribution in [0, 0.1) is 0 Å². The number of hydrogen-bond acceptors (Lipinski definition) is 3. The number of alkyl halides is 3. The molecule has 1 aliphatic carbocycles. The third-order valence-electron chi connectivity index (χ3n) is 3.77. The smallest absolute Gasteiger partial charge is 0.416 e. The molecule has 0 spiro atoms. The predicted molar refractivity (Wildman–Crippen MR) is 82.6 cm³/mol. The molecule has 1 saturated carbocycles. The van der Waals surface area contributed by atoms with E-state index in [1.807, 2.05) is 0 Å². The zero-order chi connectivity index (χ0) is 16.2. The molecule has 1 aromatic carbocycles. The van der Waals surface area contributed by atoms with Crippen LogP contribution in [0.15, 0.2) is 24.3 Å². The molecular formula is C15H20ClF3N2O2. The summed E-state index contributed by atoms with van der Waals surface area (Å²) in [7, 11) is 0. The molecule has 0 unspecified atom stereocenters. The van der Waals surface area contributed by atoms with E-state index < -0.39 is 17.3 Å². The first-order valence-electron chi connectivity index (χ1n) is 7.18. The second kappa shape index (κ2) is 7.88. The van der Waals surface area contributed by atoms with Crippen molar-refractivity contribution in [3.63, 3.8) is 0 Å². The van der Waals surface area contributed by atoms with Gasteiger partial charge in [-0.15, -0.1) is 12.4 Å². The molecule has 0 heterocycles. The van der Waals surface area contributed by atoms with Gasteiger partial charge in [0.15, 0.2) is 0 Å². The van der Waals surface area contributed by atoms with Crippen LogP contribution >= 0.6 is 12.4 Å². The van der Waals surface area contributed by atoms with Crippen LogP contribution in [0.25, 0.3) is 0 Å². The van der Waals surface area contributed by atoms with E-state index in [9.17, 15) is 18.0 Å². The molecule has 1 aromatic rings. The Morgan fingerprint density at radius 2 is 1.96 bits per heavy atom. The number of carbonyl (C=O) groups is 1. The van der Waals surface area contributed by atoms with Crippen molar-refractivity contribution in [3.8, 4) is 5.75 Å². The van der Waals surface area contributed by atoms with Crippen molar-refractivity contribution >= 4 is 18.3 Å². The topological polar surface area (TPSA) is 64.4 Å². The highest BCUT2D eigenvalue weighted by atomic mass is 35.5. The standard InChI is InChI=1S/C15H19F3N2O2.ClH/c16-15(17,18)11-4-3-5-12(10-11)22-9-8-20-13(21)14(19)6-1-2-7-14;/h3-5,10H,1-2,6-9,19H2,(H,20,21);1H. The molecule has 130 valence electrons. The molecule has 4 nitrogen and oxygen atoms in total. The van der Waals surface area contributed by atoms with Crippen LogP contribution in [-0.2, 0) is 11.0 Å². The van der Waals surface area contributed by atoms with E-state index in [1.54, 1.807) is 0 Å². The molecule has 0 saturated heterocycles. The molecule has 1 fully saturated rings. The Balaban J connectivity index is 0.00000264. The summed E-state index contributed by atoms with van der Waals surface area (Å²) in [4.78, 5) is 11.9. The lowest BCUT2D eigenvalue weighted by atomic mass is 9.98. The number of nitrogens with one attached hydrogen (secondary N) is 1. The van der Waals surface area contributed by atoms with Crippen LogP contribution in [0.2, 0.25) is 0 Å². The average molecular weight is 353 g/mol. The first kappa shape index (κ1) is 19.6. The Kier molecular flexibility index (Phi) is 6.70. The second-order valence-electron chi connectivity index (χ2n) is 5.49. The molecule has 0 radical (unpaired) electrons. The minimum absolute atomic E-state index is 0. The van der Waals surface area contributed by atoms with Crippen molar-refractivity contribution in [2.24, 2.45) is 5.73 Å². The summed E-state index contributed by atoms with van der Waals surface area (Å²) in [6, 6.07) is 4.64. The molecule has 0 aromatic heterocycles. The number of ether oxygens (including phenoxy) is 1. The van der Waals surface area contributed by atoms with E-state index in [0.29, 0.717) is 12.8 Å². The lowest BCUT2D eigenvalue weighted by Gasteiger charge is -2.22. The van der Waals surface area contributed by atoms with Crippen molar-refractivity contribution in [1.29, 1.82) is 0 Å². The monoisotopic (exact) mass is 352 g/mol. The summed E-state index contributed by atoms with van der Waals surface area (Å²) in [5, 5.41) is 2.67. The third kappa shape index (κ3) is 5.28. The second-order valence-corrected chi connectivity index (χ2v) is 5.49. The summed E-state index contributed by atoms with van der Waals surface area (Å²) in [5.74, 6) is -0.106. The summed E-state index contributed by atoms with van der Waals surface area (Å²) < 4.78 is 42.9. The van der Waals surface area contributed by atoms with Gasteiger partial charge in [0.25, 0.3) is 0 Å². The fourth-order valence-corrected chi connectivity index (χ4v) is 2.50. The van der Waals surface area contributed by atoms with E-state index in [2.05, 4.69) is 5.32 Å². The molecule has 2 rings (SSSR count). The molecule has 0 atom stereocenters. The van der Waals surface area contributed by atoms with Gasteiger partial charge in [0.1, 0.15) is 12.4 Å². The number of halogens is 4. The molecule has 0 bridgehead atoms. The Labute approximate surface area is 139 Å². The van der Waals surface area contributed by atoms with Crippen LogP contribution in [0.4, 0.5) is 13.2 Å². The van der Waals surface area contributed by atoms with Gasteiger partial charge in [0.2, 0.25) is 5.91 Å². The Morgan fingerprint density at radius 3 is 2.57 bits per heavy atom. The van der Waals surface area contributed by atoms with Crippen LogP contribution in [0.5, 0.6) is 5.75 Å². The fourth-order valence-electron chi connectivity index (χ4n) is 2.50. The SMILES string of the molecule is Cl.NC1(C(=O)NCCOc2cccc(C(F)(F)F)c2)CCCC1. The Morgan fingerprint density at radius 1 is 1.30 bits per heavy atom. The number of nitrogens with two attached hydrogens (primary N) is 1. The molecule has 0 aliphatic heterocycles. The van der Waals surface area contributed by atoms with Crippen molar-refractivity contribution in [3.05, 3.63) is 29.8 Å². The van der Waals surface area contributed by atoms with Gasteiger partial charge in [-0.3, -0.25) is 4.79 Å². The highest BCUT2D eigenvalue weighted by Crippen LogP contribution is 2.31. The van der Waals surface area contributed by atoms with Gasteiger partial charge in [0, 0.05) is 0 Å². The van der Waals surface area contributed by atoms with Crippen LogP contribution in [0.1, 0.15) is 31.2 Å². The number of amides is 1. The van der Waals surface area contributed by atoms with Crippen LogP contribution in [-0.4, -0.2) is 24.6 Å². The zero-order valence-electron chi connectivity index (χ0n) is 12.5. The van der Waals surface area contributed by atoms with Gasteiger partial charge in [0.05, 0.1) is 17.6 Å². The van der Waals surface area contributed by atoms with Gasteiger partial charge >= 0.3 is 6.18 Å². The highest BCUT2D eigenvalue weighted by Gasteiger charge is 2.36. The summed E-state index contributed by atoms with van der Waals surface area (Å²) in [6.07, 6.45) is -1.21. The largest absolute Gasteiger partial charge is 0.492 e. The number of benzene rings is 1. The van der Waals surface area contributed by atoms with Gasteiger partial charge in [-0.1, -0.05) is 18.9 Å². The third-order valence-corrected chi connectivity index (χ3v) is 3.77. The number of hydrogen-bond donors (Lipinski definition) is 2. The molecule has 3 N–H and O–H groups in total. The van der Waals surface area contributed by atoms with E-state index in [0.717, 1.165) is 25.0 Å². The van der Waals surface area contributed by atoms with Crippen LogP contribution in [0.3, 0.4) is 0 Å². The zero-order valence-corrected chi connectivity index (χ0v) is 13.3. The maximum absolute atomic E-state index is 12.6. The molecule has 8 heteroatoms.